The minimum atomic E-state index is -0.0595. The Morgan fingerprint density at radius 2 is 2.10 bits per heavy atom. The highest BCUT2D eigenvalue weighted by Gasteiger charge is 2.36. The van der Waals surface area contributed by atoms with Gasteiger partial charge in [0.05, 0.1) is 18.1 Å². The summed E-state index contributed by atoms with van der Waals surface area (Å²) in [6.07, 6.45) is 13.3. The molecule has 0 radical (unpaired) electrons. The predicted molar refractivity (Wildman–Crippen MR) is 79.4 cm³/mol. The van der Waals surface area contributed by atoms with Crippen LogP contribution in [0.1, 0.15) is 57.8 Å². The van der Waals surface area contributed by atoms with Crippen molar-refractivity contribution in [1.82, 2.24) is 0 Å². The Balaban J connectivity index is 1.82. The fourth-order valence-electron chi connectivity index (χ4n) is 3.35. The standard InChI is InChI=1S/C17H26O3/c1-3-7-14-8-5-11-17(20-14,10-4-2)12-6-9-15-13-16(18)19-15/h3-4,14-15H,1-2,5-13H2. The Bertz CT molecular complexity index is 355. The van der Waals surface area contributed by atoms with Gasteiger partial charge >= 0.3 is 5.97 Å². The molecule has 0 saturated carbocycles. The molecule has 0 aromatic heterocycles. The van der Waals surface area contributed by atoms with E-state index in [4.69, 9.17) is 9.47 Å². The highest BCUT2D eigenvalue weighted by atomic mass is 16.6. The molecule has 3 heteroatoms. The fourth-order valence-corrected chi connectivity index (χ4v) is 3.35. The van der Waals surface area contributed by atoms with Crippen molar-refractivity contribution >= 4 is 5.97 Å². The summed E-state index contributed by atoms with van der Waals surface area (Å²) in [5.74, 6) is -0.0595. The lowest BCUT2D eigenvalue weighted by Crippen LogP contribution is -2.41. The SMILES string of the molecule is C=CCC1CCCC(CC=C)(CCCC2CC(=O)O2)O1. The van der Waals surface area contributed by atoms with Crippen LogP contribution in [0.15, 0.2) is 25.3 Å². The van der Waals surface area contributed by atoms with Crippen LogP contribution in [0.2, 0.25) is 0 Å². The van der Waals surface area contributed by atoms with Crippen molar-refractivity contribution in [3.63, 3.8) is 0 Å². The molecule has 0 aromatic rings. The number of esters is 1. The van der Waals surface area contributed by atoms with Crippen LogP contribution < -0.4 is 0 Å². The van der Waals surface area contributed by atoms with Crippen LogP contribution in [-0.2, 0) is 14.3 Å². The Hall–Kier alpha value is -1.09. The highest BCUT2D eigenvalue weighted by molar-refractivity contribution is 5.75. The van der Waals surface area contributed by atoms with E-state index < -0.39 is 0 Å². The van der Waals surface area contributed by atoms with E-state index in [0.717, 1.165) is 44.9 Å². The first kappa shape index (κ1) is 15.3. The van der Waals surface area contributed by atoms with Crippen LogP contribution in [0.3, 0.4) is 0 Å². The van der Waals surface area contributed by atoms with Gasteiger partial charge in [-0.25, -0.2) is 0 Å². The average molecular weight is 278 g/mol. The van der Waals surface area contributed by atoms with Crippen molar-refractivity contribution in [3.8, 4) is 0 Å². The molecule has 2 aliphatic heterocycles. The molecule has 0 aliphatic carbocycles. The van der Waals surface area contributed by atoms with Gasteiger partial charge in [-0.3, -0.25) is 4.79 Å². The molecule has 0 bridgehead atoms. The first-order valence-electron chi connectivity index (χ1n) is 7.76. The lowest BCUT2D eigenvalue weighted by Gasteiger charge is -2.41. The lowest BCUT2D eigenvalue weighted by atomic mass is 9.83. The molecule has 0 amide bonds. The molecule has 0 N–H and O–H groups in total. The number of carbonyl (C=O) groups is 1. The van der Waals surface area contributed by atoms with Crippen molar-refractivity contribution in [2.24, 2.45) is 0 Å². The Kier molecular flexibility index (Phi) is 5.41. The van der Waals surface area contributed by atoms with Gasteiger partial charge in [0.15, 0.2) is 0 Å². The zero-order valence-corrected chi connectivity index (χ0v) is 12.3. The van der Waals surface area contributed by atoms with Gasteiger partial charge in [0.1, 0.15) is 6.10 Å². The van der Waals surface area contributed by atoms with E-state index in [0.29, 0.717) is 12.5 Å². The second-order valence-electron chi connectivity index (χ2n) is 6.04. The van der Waals surface area contributed by atoms with Gasteiger partial charge in [-0.1, -0.05) is 12.2 Å². The van der Waals surface area contributed by atoms with Gasteiger partial charge < -0.3 is 9.47 Å². The van der Waals surface area contributed by atoms with E-state index in [-0.39, 0.29) is 17.7 Å². The molecule has 20 heavy (non-hydrogen) atoms. The van der Waals surface area contributed by atoms with E-state index >= 15 is 0 Å². The summed E-state index contributed by atoms with van der Waals surface area (Å²) in [7, 11) is 0. The number of hydrogen-bond acceptors (Lipinski definition) is 3. The van der Waals surface area contributed by atoms with E-state index in [1.165, 1.54) is 6.42 Å². The number of carbonyl (C=O) groups excluding carboxylic acids is 1. The van der Waals surface area contributed by atoms with Crippen LogP contribution in [0.4, 0.5) is 0 Å². The Labute approximate surface area is 122 Å². The molecule has 112 valence electrons. The normalized spacial score (nSPS) is 33.1. The maximum Gasteiger partial charge on any atom is 0.309 e. The number of ether oxygens (including phenoxy) is 2. The fraction of sp³-hybridized carbons (Fsp3) is 0.706. The summed E-state index contributed by atoms with van der Waals surface area (Å²) in [5, 5.41) is 0. The molecule has 2 heterocycles. The second-order valence-corrected chi connectivity index (χ2v) is 6.04. The Morgan fingerprint density at radius 3 is 2.75 bits per heavy atom. The van der Waals surface area contributed by atoms with Gasteiger partial charge in [0.25, 0.3) is 0 Å². The van der Waals surface area contributed by atoms with Crippen molar-refractivity contribution in [3.05, 3.63) is 25.3 Å². The molecule has 2 aliphatic rings. The van der Waals surface area contributed by atoms with Crippen LogP contribution >= 0.6 is 0 Å². The summed E-state index contributed by atoms with van der Waals surface area (Å²) in [6.45, 7) is 7.69. The molecule has 2 saturated heterocycles. The largest absolute Gasteiger partial charge is 0.462 e. The molecular weight excluding hydrogens is 252 g/mol. The topological polar surface area (TPSA) is 35.5 Å². The average Bonchev–Trinajstić information content (AvgIpc) is 2.38. The summed E-state index contributed by atoms with van der Waals surface area (Å²) in [4.78, 5) is 10.8. The third-order valence-corrected chi connectivity index (χ3v) is 4.37. The molecule has 0 spiro atoms. The Morgan fingerprint density at radius 1 is 1.30 bits per heavy atom. The minimum absolute atomic E-state index is 0.0541. The smallest absolute Gasteiger partial charge is 0.309 e. The van der Waals surface area contributed by atoms with Crippen LogP contribution in [-0.4, -0.2) is 23.8 Å². The van der Waals surface area contributed by atoms with Crippen LogP contribution in [0.25, 0.3) is 0 Å². The van der Waals surface area contributed by atoms with Crippen molar-refractivity contribution in [1.29, 1.82) is 0 Å². The lowest BCUT2D eigenvalue weighted by molar-refractivity contribution is -0.170. The van der Waals surface area contributed by atoms with E-state index in [2.05, 4.69) is 13.2 Å². The molecule has 3 atom stereocenters. The zero-order valence-electron chi connectivity index (χ0n) is 12.3. The highest BCUT2D eigenvalue weighted by Crippen LogP contribution is 2.37. The van der Waals surface area contributed by atoms with Crippen molar-refractivity contribution in [2.45, 2.75) is 75.6 Å². The quantitative estimate of drug-likeness (QED) is 0.498. The summed E-state index contributed by atoms with van der Waals surface area (Å²) < 4.78 is 11.4. The maximum atomic E-state index is 10.8. The van der Waals surface area contributed by atoms with Crippen molar-refractivity contribution < 1.29 is 14.3 Å². The second kappa shape index (κ2) is 7.07. The van der Waals surface area contributed by atoms with Gasteiger partial charge in [-0.05, 0) is 51.4 Å². The van der Waals surface area contributed by atoms with E-state index in [1.807, 2.05) is 12.2 Å². The number of rotatable bonds is 8. The first-order valence-corrected chi connectivity index (χ1v) is 7.76. The third kappa shape index (κ3) is 3.95. The van der Waals surface area contributed by atoms with Gasteiger partial charge in [0, 0.05) is 0 Å². The van der Waals surface area contributed by atoms with Gasteiger partial charge in [-0.2, -0.15) is 0 Å². The number of cyclic esters (lactones) is 1. The molecule has 3 unspecified atom stereocenters. The predicted octanol–water partition coefficient (Wildman–Crippen LogP) is 3.93. The summed E-state index contributed by atoms with van der Waals surface area (Å²) in [5.41, 5.74) is -0.0541. The first-order chi connectivity index (χ1) is 9.67. The third-order valence-electron chi connectivity index (χ3n) is 4.37. The molecule has 2 rings (SSSR count). The van der Waals surface area contributed by atoms with Crippen molar-refractivity contribution in [2.75, 3.05) is 0 Å². The molecule has 3 nitrogen and oxygen atoms in total. The summed E-state index contributed by atoms with van der Waals surface area (Å²) in [6, 6.07) is 0. The molecule has 2 fully saturated rings. The molecule has 0 aromatic carbocycles. The monoisotopic (exact) mass is 278 g/mol. The van der Waals surface area contributed by atoms with E-state index in [9.17, 15) is 4.79 Å². The van der Waals surface area contributed by atoms with E-state index in [1.54, 1.807) is 0 Å². The number of hydrogen-bond donors (Lipinski definition) is 0. The molecular formula is C17H26O3. The minimum Gasteiger partial charge on any atom is -0.462 e. The maximum absolute atomic E-state index is 10.8. The van der Waals surface area contributed by atoms with Gasteiger partial charge in [0.2, 0.25) is 0 Å². The zero-order chi connectivity index (χ0) is 14.4. The van der Waals surface area contributed by atoms with Gasteiger partial charge in [-0.15, -0.1) is 13.2 Å². The summed E-state index contributed by atoms with van der Waals surface area (Å²) >= 11 is 0. The van der Waals surface area contributed by atoms with Crippen LogP contribution in [0, 0.1) is 0 Å². The van der Waals surface area contributed by atoms with Crippen LogP contribution in [0.5, 0.6) is 0 Å².